The number of hydrazine groups is 1. The fourth-order valence-corrected chi connectivity index (χ4v) is 1.41. The maximum absolute atomic E-state index is 10.7. The van der Waals surface area contributed by atoms with Crippen LogP contribution in [0.4, 0.5) is 11.4 Å². The summed E-state index contributed by atoms with van der Waals surface area (Å²) in [6.45, 7) is 0.592. The second-order valence-corrected chi connectivity index (χ2v) is 3.84. The Labute approximate surface area is 91.0 Å². The fourth-order valence-electron chi connectivity index (χ4n) is 1.20. The maximum Gasteiger partial charge on any atom is 0.148 e. The molecule has 5 nitrogen and oxygen atoms in total. The van der Waals surface area contributed by atoms with Gasteiger partial charge in [-0.15, -0.1) is 0 Å². The third kappa shape index (κ3) is 3.81. The Bertz CT molecular complexity index is 345. The van der Waals surface area contributed by atoms with E-state index in [2.05, 4.69) is 14.2 Å². The molecule has 1 aromatic heterocycles. The minimum absolute atomic E-state index is 0.0890. The predicted molar refractivity (Wildman–Crippen MR) is 64.1 cm³/mol. The standard InChI is InChI=1S/C9H15N4OP/c10-7-6-12-4-3-8(7)13(11)5-1-2-9(14)15/h3-4,6H,1-2,5,10-11,15H2. The Morgan fingerprint density at radius 1 is 1.60 bits per heavy atom. The van der Waals surface area contributed by atoms with Crippen LogP contribution in [0.2, 0.25) is 0 Å². The molecule has 0 aliphatic heterocycles. The maximum atomic E-state index is 10.7. The number of aromatic nitrogens is 1. The van der Waals surface area contributed by atoms with Crippen molar-refractivity contribution in [1.29, 1.82) is 0 Å². The molecule has 0 amide bonds. The molecule has 1 aromatic rings. The van der Waals surface area contributed by atoms with Gasteiger partial charge in [0.05, 0.1) is 17.6 Å². The number of nitrogens with zero attached hydrogens (tertiary/aromatic N) is 2. The Morgan fingerprint density at radius 2 is 2.33 bits per heavy atom. The van der Waals surface area contributed by atoms with Gasteiger partial charge in [-0.05, 0) is 12.5 Å². The molecule has 1 unspecified atom stereocenters. The lowest BCUT2D eigenvalue weighted by molar-refractivity contribution is -0.111. The number of rotatable bonds is 5. The molecule has 15 heavy (non-hydrogen) atoms. The van der Waals surface area contributed by atoms with Crippen LogP contribution in [0, 0.1) is 0 Å². The van der Waals surface area contributed by atoms with Crippen LogP contribution in [-0.4, -0.2) is 17.1 Å². The highest BCUT2D eigenvalue weighted by atomic mass is 31.0. The topological polar surface area (TPSA) is 85.2 Å². The molecule has 82 valence electrons. The number of hydrogen-bond donors (Lipinski definition) is 2. The quantitative estimate of drug-likeness (QED) is 0.434. The van der Waals surface area contributed by atoms with E-state index in [1.54, 1.807) is 18.5 Å². The molecule has 1 heterocycles. The average Bonchev–Trinajstić information content (AvgIpc) is 2.17. The van der Waals surface area contributed by atoms with Crippen molar-refractivity contribution in [3.63, 3.8) is 0 Å². The first-order valence-corrected chi connectivity index (χ1v) is 5.19. The van der Waals surface area contributed by atoms with Crippen molar-refractivity contribution < 1.29 is 4.79 Å². The summed E-state index contributed by atoms with van der Waals surface area (Å²) in [5, 5.41) is 1.53. The van der Waals surface area contributed by atoms with Crippen molar-refractivity contribution in [2.24, 2.45) is 5.84 Å². The molecule has 0 aliphatic carbocycles. The fraction of sp³-hybridized carbons (Fsp3) is 0.333. The lowest BCUT2D eigenvalue weighted by atomic mass is 10.3. The molecular weight excluding hydrogens is 211 g/mol. The van der Waals surface area contributed by atoms with Crippen molar-refractivity contribution >= 4 is 26.1 Å². The Kier molecular flexibility index (Phi) is 4.46. The van der Waals surface area contributed by atoms with Crippen molar-refractivity contribution in [1.82, 2.24) is 4.98 Å². The van der Waals surface area contributed by atoms with Crippen LogP contribution in [0.3, 0.4) is 0 Å². The first-order valence-electron chi connectivity index (χ1n) is 4.61. The highest BCUT2D eigenvalue weighted by Crippen LogP contribution is 2.18. The van der Waals surface area contributed by atoms with E-state index >= 15 is 0 Å². The molecule has 0 fully saturated rings. The monoisotopic (exact) mass is 226 g/mol. The van der Waals surface area contributed by atoms with Gasteiger partial charge in [-0.3, -0.25) is 9.78 Å². The SMILES string of the molecule is Nc1cnccc1N(N)CCCC(=O)P. The zero-order valence-electron chi connectivity index (χ0n) is 8.39. The Morgan fingerprint density at radius 3 is 2.93 bits per heavy atom. The summed E-state index contributed by atoms with van der Waals surface area (Å²) in [6, 6.07) is 1.75. The van der Waals surface area contributed by atoms with Gasteiger partial charge < -0.3 is 10.7 Å². The predicted octanol–water partition coefficient (Wildman–Crippen LogP) is 0.526. The molecule has 1 atom stereocenters. The molecule has 4 N–H and O–H groups in total. The van der Waals surface area contributed by atoms with Gasteiger partial charge in [0, 0.05) is 19.2 Å². The van der Waals surface area contributed by atoms with E-state index in [-0.39, 0.29) is 5.52 Å². The van der Waals surface area contributed by atoms with Crippen molar-refractivity contribution in [3.8, 4) is 0 Å². The minimum Gasteiger partial charge on any atom is -0.396 e. The lowest BCUT2D eigenvalue weighted by Crippen LogP contribution is -2.32. The van der Waals surface area contributed by atoms with Gasteiger partial charge in [-0.1, -0.05) is 9.24 Å². The second kappa shape index (κ2) is 5.63. The van der Waals surface area contributed by atoms with Crippen LogP contribution in [-0.2, 0) is 4.79 Å². The number of nitrogen functional groups attached to an aromatic ring is 1. The number of pyridine rings is 1. The third-order valence-corrected chi connectivity index (χ3v) is 2.25. The van der Waals surface area contributed by atoms with E-state index in [1.807, 2.05) is 0 Å². The van der Waals surface area contributed by atoms with Crippen molar-refractivity contribution in [2.75, 3.05) is 17.3 Å². The zero-order chi connectivity index (χ0) is 11.3. The van der Waals surface area contributed by atoms with Gasteiger partial charge in [0.15, 0.2) is 0 Å². The van der Waals surface area contributed by atoms with Gasteiger partial charge in [0.1, 0.15) is 5.52 Å². The highest BCUT2D eigenvalue weighted by molar-refractivity contribution is 7.40. The summed E-state index contributed by atoms with van der Waals surface area (Å²) in [5.41, 5.74) is 7.06. The number of hydrogen-bond acceptors (Lipinski definition) is 5. The normalized spacial score (nSPS) is 10.0. The highest BCUT2D eigenvalue weighted by Gasteiger charge is 2.05. The molecule has 0 saturated carbocycles. The van der Waals surface area contributed by atoms with E-state index < -0.39 is 0 Å². The van der Waals surface area contributed by atoms with E-state index in [9.17, 15) is 4.79 Å². The van der Waals surface area contributed by atoms with E-state index in [4.69, 9.17) is 11.6 Å². The van der Waals surface area contributed by atoms with Gasteiger partial charge in [0.2, 0.25) is 0 Å². The zero-order valence-corrected chi connectivity index (χ0v) is 9.54. The van der Waals surface area contributed by atoms with E-state index in [1.165, 1.54) is 5.01 Å². The van der Waals surface area contributed by atoms with Crippen LogP contribution < -0.4 is 16.6 Å². The molecule has 0 bridgehead atoms. The molecule has 0 aliphatic rings. The number of anilines is 2. The first kappa shape index (κ1) is 11.9. The summed E-state index contributed by atoms with van der Waals surface area (Å²) in [5.74, 6) is 5.79. The van der Waals surface area contributed by atoms with Gasteiger partial charge in [-0.2, -0.15) is 0 Å². The van der Waals surface area contributed by atoms with Gasteiger partial charge in [-0.25, -0.2) is 5.84 Å². The summed E-state index contributed by atoms with van der Waals surface area (Å²) < 4.78 is 0. The van der Waals surface area contributed by atoms with Crippen molar-refractivity contribution in [2.45, 2.75) is 12.8 Å². The largest absolute Gasteiger partial charge is 0.396 e. The molecule has 0 aromatic carbocycles. The smallest absolute Gasteiger partial charge is 0.148 e. The lowest BCUT2D eigenvalue weighted by Gasteiger charge is -2.19. The van der Waals surface area contributed by atoms with Crippen molar-refractivity contribution in [3.05, 3.63) is 18.5 Å². The second-order valence-electron chi connectivity index (χ2n) is 3.20. The van der Waals surface area contributed by atoms with E-state index in [0.717, 1.165) is 5.69 Å². The molecule has 0 spiro atoms. The number of carbonyl (C=O) groups is 1. The molecule has 6 heteroatoms. The van der Waals surface area contributed by atoms with Crippen LogP contribution in [0.1, 0.15) is 12.8 Å². The summed E-state index contributed by atoms with van der Waals surface area (Å²) in [7, 11) is 2.14. The molecular formula is C9H15N4OP. The number of carbonyl (C=O) groups excluding carboxylic acids is 1. The summed E-state index contributed by atoms with van der Waals surface area (Å²) in [4.78, 5) is 14.6. The van der Waals surface area contributed by atoms with Crippen LogP contribution in [0.15, 0.2) is 18.5 Å². The summed E-state index contributed by atoms with van der Waals surface area (Å²) in [6.07, 6.45) is 4.40. The third-order valence-electron chi connectivity index (χ3n) is 1.96. The van der Waals surface area contributed by atoms with Crippen LogP contribution in [0.25, 0.3) is 0 Å². The average molecular weight is 226 g/mol. The van der Waals surface area contributed by atoms with Crippen LogP contribution >= 0.6 is 9.24 Å². The number of nitrogens with two attached hydrogens (primary N) is 2. The Hall–Kier alpha value is -1.19. The Balaban J connectivity index is 2.50. The molecule has 1 rings (SSSR count). The molecule has 0 radical (unpaired) electrons. The van der Waals surface area contributed by atoms with E-state index in [0.29, 0.717) is 25.1 Å². The van der Waals surface area contributed by atoms with Gasteiger partial charge >= 0.3 is 0 Å². The summed E-state index contributed by atoms with van der Waals surface area (Å²) >= 11 is 0. The molecule has 0 saturated heterocycles. The van der Waals surface area contributed by atoms with Crippen LogP contribution in [0.5, 0.6) is 0 Å². The van der Waals surface area contributed by atoms with Gasteiger partial charge in [0.25, 0.3) is 0 Å². The minimum atomic E-state index is 0.0890. The first-order chi connectivity index (χ1) is 7.11.